The van der Waals surface area contributed by atoms with Crippen molar-refractivity contribution in [1.29, 1.82) is 5.41 Å². The first-order valence-corrected chi connectivity index (χ1v) is 3.61. The molecular weight excluding hydrogens is 148 g/mol. The first kappa shape index (κ1) is 8.35. The number of nitrogen functional groups attached to an aromatic ring is 1. The van der Waals surface area contributed by atoms with E-state index in [1.165, 1.54) is 0 Å². The summed E-state index contributed by atoms with van der Waals surface area (Å²) in [6, 6.07) is 7.30. The van der Waals surface area contributed by atoms with Crippen LogP contribution in [0.15, 0.2) is 24.3 Å². The van der Waals surface area contributed by atoms with E-state index in [4.69, 9.17) is 11.1 Å². The Bertz CT molecular complexity index is 338. The molecule has 0 amide bonds. The first-order chi connectivity index (χ1) is 5.74. The van der Waals surface area contributed by atoms with Crippen molar-refractivity contribution in [2.45, 2.75) is 6.92 Å². The zero-order valence-corrected chi connectivity index (χ0v) is 6.89. The number of benzene rings is 1. The molecule has 0 spiro atoms. The van der Waals surface area contributed by atoms with Gasteiger partial charge in [-0.3, -0.25) is 5.41 Å². The number of hydrogen-bond donors (Lipinski definition) is 2. The summed E-state index contributed by atoms with van der Waals surface area (Å²) < 4.78 is 0. The molecule has 60 valence electrons. The maximum Gasteiger partial charge on any atom is 0.122 e. The van der Waals surface area contributed by atoms with Gasteiger partial charge in [0.25, 0.3) is 0 Å². The van der Waals surface area contributed by atoms with E-state index in [-0.39, 0.29) is 5.84 Å². The molecule has 0 radical (unpaired) electrons. The molecule has 0 saturated heterocycles. The second-order valence-electron chi connectivity index (χ2n) is 2.37. The molecule has 0 aromatic heterocycles. The van der Waals surface area contributed by atoms with E-state index in [0.717, 1.165) is 11.1 Å². The molecule has 0 atom stereocenters. The standard InChI is InChI=1S/C10H10N2/c1-2-3-8-4-6-9(7-5-8)10(11)12/h4-7H,1H3,(H3,11,12). The third kappa shape index (κ3) is 1.86. The lowest BCUT2D eigenvalue weighted by molar-refractivity contribution is 1.42. The Morgan fingerprint density at radius 1 is 1.33 bits per heavy atom. The van der Waals surface area contributed by atoms with Gasteiger partial charge in [0, 0.05) is 11.1 Å². The van der Waals surface area contributed by atoms with E-state index in [0.29, 0.717) is 0 Å². The molecule has 3 N–H and O–H groups in total. The van der Waals surface area contributed by atoms with Crippen molar-refractivity contribution >= 4 is 5.84 Å². The van der Waals surface area contributed by atoms with Crippen LogP contribution in [0.2, 0.25) is 0 Å². The second kappa shape index (κ2) is 3.59. The molecular formula is C10H10N2. The van der Waals surface area contributed by atoms with E-state index in [1.54, 1.807) is 19.1 Å². The average molecular weight is 158 g/mol. The molecule has 1 aromatic carbocycles. The zero-order valence-electron chi connectivity index (χ0n) is 6.89. The molecule has 1 aromatic rings. The van der Waals surface area contributed by atoms with Gasteiger partial charge < -0.3 is 5.73 Å². The van der Waals surface area contributed by atoms with E-state index in [2.05, 4.69) is 11.8 Å². The van der Waals surface area contributed by atoms with Crippen LogP contribution in [0.4, 0.5) is 0 Å². The number of nitrogens with one attached hydrogen (secondary N) is 1. The Labute approximate surface area is 71.9 Å². The second-order valence-corrected chi connectivity index (χ2v) is 2.37. The van der Waals surface area contributed by atoms with Crippen LogP contribution in [-0.2, 0) is 0 Å². The minimum absolute atomic E-state index is 0.0889. The SMILES string of the molecule is CC#Cc1ccc(C(=N)N)cc1. The summed E-state index contributed by atoms with van der Waals surface area (Å²) in [5.74, 6) is 5.80. The summed E-state index contributed by atoms with van der Waals surface area (Å²) in [5, 5.41) is 7.15. The van der Waals surface area contributed by atoms with Gasteiger partial charge in [-0.15, -0.1) is 5.92 Å². The predicted octanol–water partition coefficient (Wildman–Crippen LogP) is 1.34. The fourth-order valence-electron chi connectivity index (χ4n) is 0.877. The van der Waals surface area contributed by atoms with Crippen molar-refractivity contribution < 1.29 is 0 Å². The van der Waals surface area contributed by atoms with Crippen LogP contribution >= 0.6 is 0 Å². The van der Waals surface area contributed by atoms with Gasteiger partial charge in [0.05, 0.1) is 0 Å². The predicted molar refractivity (Wildman–Crippen MR) is 50.0 cm³/mol. The summed E-state index contributed by atoms with van der Waals surface area (Å²) >= 11 is 0. The lowest BCUT2D eigenvalue weighted by Crippen LogP contribution is -2.10. The largest absolute Gasteiger partial charge is 0.384 e. The Hall–Kier alpha value is -1.75. The molecule has 2 nitrogen and oxygen atoms in total. The third-order valence-electron chi connectivity index (χ3n) is 1.47. The van der Waals surface area contributed by atoms with Gasteiger partial charge in [0.15, 0.2) is 0 Å². The van der Waals surface area contributed by atoms with Crippen LogP contribution in [0.3, 0.4) is 0 Å². The molecule has 12 heavy (non-hydrogen) atoms. The Morgan fingerprint density at radius 2 is 1.92 bits per heavy atom. The van der Waals surface area contributed by atoms with Crippen molar-refractivity contribution in [2.24, 2.45) is 5.73 Å². The highest BCUT2D eigenvalue weighted by Crippen LogP contribution is 2.01. The fraction of sp³-hybridized carbons (Fsp3) is 0.100. The molecule has 0 aliphatic carbocycles. The number of amidine groups is 1. The molecule has 0 aliphatic heterocycles. The monoisotopic (exact) mass is 158 g/mol. The Morgan fingerprint density at radius 3 is 2.33 bits per heavy atom. The molecule has 1 rings (SSSR count). The first-order valence-electron chi connectivity index (χ1n) is 3.61. The zero-order chi connectivity index (χ0) is 8.97. The van der Waals surface area contributed by atoms with Crippen molar-refractivity contribution in [3.63, 3.8) is 0 Å². The highest BCUT2D eigenvalue weighted by atomic mass is 14.7. The molecule has 0 bridgehead atoms. The minimum Gasteiger partial charge on any atom is -0.384 e. The minimum atomic E-state index is 0.0889. The number of hydrogen-bond acceptors (Lipinski definition) is 1. The van der Waals surface area contributed by atoms with Crippen LogP contribution in [0.5, 0.6) is 0 Å². The van der Waals surface area contributed by atoms with Gasteiger partial charge in [-0.1, -0.05) is 18.1 Å². The van der Waals surface area contributed by atoms with E-state index < -0.39 is 0 Å². The van der Waals surface area contributed by atoms with E-state index in [9.17, 15) is 0 Å². The number of rotatable bonds is 1. The van der Waals surface area contributed by atoms with Gasteiger partial charge in [-0.05, 0) is 19.1 Å². The summed E-state index contributed by atoms with van der Waals surface area (Å²) in [6.07, 6.45) is 0. The summed E-state index contributed by atoms with van der Waals surface area (Å²) in [7, 11) is 0. The van der Waals surface area contributed by atoms with Crippen molar-refractivity contribution in [1.82, 2.24) is 0 Å². The molecule has 2 heteroatoms. The fourth-order valence-corrected chi connectivity index (χ4v) is 0.877. The molecule has 0 aliphatic rings. The summed E-state index contributed by atoms with van der Waals surface area (Å²) in [4.78, 5) is 0. The quantitative estimate of drug-likeness (QED) is 0.361. The molecule has 0 heterocycles. The lowest BCUT2D eigenvalue weighted by Gasteiger charge is -1.96. The van der Waals surface area contributed by atoms with Gasteiger partial charge in [-0.25, -0.2) is 0 Å². The maximum atomic E-state index is 7.15. The van der Waals surface area contributed by atoms with Crippen LogP contribution in [0.1, 0.15) is 18.1 Å². The van der Waals surface area contributed by atoms with E-state index in [1.807, 2.05) is 12.1 Å². The highest BCUT2D eigenvalue weighted by Gasteiger charge is 1.93. The van der Waals surface area contributed by atoms with Gasteiger partial charge in [0.1, 0.15) is 5.84 Å². The van der Waals surface area contributed by atoms with E-state index >= 15 is 0 Å². The number of nitrogens with two attached hydrogens (primary N) is 1. The maximum absolute atomic E-state index is 7.15. The summed E-state index contributed by atoms with van der Waals surface area (Å²) in [6.45, 7) is 1.79. The molecule has 0 unspecified atom stereocenters. The average Bonchev–Trinajstić information content (AvgIpc) is 2.06. The Kier molecular flexibility index (Phi) is 2.49. The van der Waals surface area contributed by atoms with Crippen molar-refractivity contribution in [3.05, 3.63) is 35.4 Å². The Balaban J connectivity index is 2.98. The molecule has 0 saturated carbocycles. The summed E-state index contributed by atoms with van der Waals surface area (Å²) in [5.41, 5.74) is 6.96. The van der Waals surface area contributed by atoms with Gasteiger partial charge >= 0.3 is 0 Å². The topological polar surface area (TPSA) is 49.9 Å². The molecule has 0 fully saturated rings. The van der Waals surface area contributed by atoms with Gasteiger partial charge in [-0.2, -0.15) is 0 Å². The normalized spacial score (nSPS) is 8.42. The van der Waals surface area contributed by atoms with Crippen LogP contribution in [0, 0.1) is 17.3 Å². The van der Waals surface area contributed by atoms with Crippen LogP contribution in [-0.4, -0.2) is 5.84 Å². The van der Waals surface area contributed by atoms with Crippen LogP contribution in [0.25, 0.3) is 0 Å². The van der Waals surface area contributed by atoms with Crippen molar-refractivity contribution in [2.75, 3.05) is 0 Å². The lowest BCUT2D eigenvalue weighted by atomic mass is 10.1. The third-order valence-corrected chi connectivity index (χ3v) is 1.47. The van der Waals surface area contributed by atoms with Crippen molar-refractivity contribution in [3.8, 4) is 11.8 Å². The van der Waals surface area contributed by atoms with Crippen LogP contribution < -0.4 is 5.73 Å². The highest BCUT2D eigenvalue weighted by molar-refractivity contribution is 5.94. The van der Waals surface area contributed by atoms with Gasteiger partial charge in [0.2, 0.25) is 0 Å². The smallest absolute Gasteiger partial charge is 0.122 e.